The average Bonchev–Trinajstić information content (AvgIpc) is 2.97. The second-order valence-corrected chi connectivity index (χ2v) is 4.96. The van der Waals surface area contributed by atoms with Gasteiger partial charge in [-0.3, -0.25) is 0 Å². The van der Waals surface area contributed by atoms with Crippen molar-refractivity contribution in [2.45, 2.75) is 26.2 Å². The molecule has 22 heavy (non-hydrogen) atoms. The topological polar surface area (TPSA) is 80.2 Å². The lowest BCUT2D eigenvalue weighted by molar-refractivity contribution is 0.828. The summed E-state index contributed by atoms with van der Waals surface area (Å²) in [6, 6.07) is 1.74. The van der Waals surface area contributed by atoms with Gasteiger partial charge in [0, 0.05) is 18.8 Å². The van der Waals surface area contributed by atoms with Gasteiger partial charge in [0.1, 0.15) is 5.52 Å². The van der Waals surface area contributed by atoms with Gasteiger partial charge in [-0.25, -0.2) is 24.9 Å². The molecule has 0 aliphatic carbocycles. The number of hydrogen-bond acceptors (Lipinski definition) is 5. The molecule has 0 unspecified atom stereocenters. The van der Waals surface area contributed by atoms with E-state index in [0.717, 1.165) is 19.3 Å². The van der Waals surface area contributed by atoms with E-state index in [1.165, 1.54) is 0 Å². The number of aromatic nitrogens is 6. The van der Waals surface area contributed by atoms with E-state index < -0.39 is 0 Å². The zero-order valence-corrected chi connectivity index (χ0v) is 12.7. The SMILES string of the molecule is CCCCC#Cc1nc(Cl)c2nc(-c3ncccn3)[nH]c2n1. The molecule has 0 fully saturated rings. The van der Waals surface area contributed by atoms with E-state index in [1.54, 1.807) is 18.5 Å². The second-order valence-electron chi connectivity index (χ2n) is 4.60. The standard InChI is InChI=1S/C15H13ClN6/c1-2-3-4-5-7-10-19-12(16)11-13(20-10)22-15(21-11)14-17-8-6-9-18-14/h6,8-9H,2-4H2,1H3,(H,19,20,21,22). The lowest BCUT2D eigenvalue weighted by Gasteiger charge is -1.92. The highest BCUT2D eigenvalue weighted by molar-refractivity contribution is 6.33. The molecule has 110 valence electrons. The Morgan fingerprint density at radius 1 is 1.18 bits per heavy atom. The van der Waals surface area contributed by atoms with Crippen molar-refractivity contribution in [2.75, 3.05) is 0 Å². The van der Waals surface area contributed by atoms with Crippen LogP contribution in [0.1, 0.15) is 32.0 Å². The first-order valence-electron chi connectivity index (χ1n) is 6.97. The molecule has 3 aromatic rings. The van der Waals surface area contributed by atoms with Gasteiger partial charge in [0.2, 0.25) is 5.82 Å². The van der Waals surface area contributed by atoms with Gasteiger partial charge in [0.25, 0.3) is 0 Å². The Morgan fingerprint density at radius 3 is 2.77 bits per heavy atom. The zero-order valence-electron chi connectivity index (χ0n) is 12.0. The number of unbranched alkanes of at least 4 members (excludes halogenated alkanes) is 2. The number of hydrogen-bond donors (Lipinski definition) is 1. The van der Waals surface area contributed by atoms with E-state index in [1.807, 2.05) is 0 Å². The van der Waals surface area contributed by atoms with Gasteiger partial charge >= 0.3 is 0 Å². The maximum absolute atomic E-state index is 6.16. The van der Waals surface area contributed by atoms with E-state index in [2.05, 4.69) is 48.7 Å². The molecule has 0 atom stereocenters. The zero-order chi connectivity index (χ0) is 15.4. The van der Waals surface area contributed by atoms with Crippen molar-refractivity contribution in [2.24, 2.45) is 0 Å². The van der Waals surface area contributed by atoms with Crippen LogP contribution in [0.3, 0.4) is 0 Å². The van der Waals surface area contributed by atoms with Gasteiger partial charge < -0.3 is 4.98 Å². The van der Waals surface area contributed by atoms with Gasteiger partial charge in [0.05, 0.1) is 0 Å². The average molecular weight is 313 g/mol. The molecule has 0 amide bonds. The Hall–Kier alpha value is -2.52. The summed E-state index contributed by atoms with van der Waals surface area (Å²) < 4.78 is 0. The van der Waals surface area contributed by atoms with Crippen LogP contribution in [0.25, 0.3) is 22.8 Å². The van der Waals surface area contributed by atoms with Crippen LogP contribution in [0, 0.1) is 11.8 Å². The fraction of sp³-hybridized carbons (Fsp3) is 0.267. The quantitative estimate of drug-likeness (QED) is 0.457. The first-order valence-corrected chi connectivity index (χ1v) is 7.35. The molecule has 7 heteroatoms. The first kappa shape index (κ1) is 14.4. The fourth-order valence-corrected chi connectivity index (χ4v) is 2.07. The Labute approximate surface area is 132 Å². The number of nitrogens with one attached hydrogen (secondary N) is 1. The molecule has 3 rings (SSSR count). The summed E-state index contributed by atoms with van der Waals surface area (Å²) in [6.45, 7) is 2.12. The maximum atomic E-state index is 6.16. The minimum atomic E-state index is 0.267. The molecule has 0 aliphatic heterocycles. The van der Waals surface area contributed by atoms with Crippen LogP contribution in [0.15, 0.2) is 18.5 Å². The number of fused-ring (bicyclic) bond motifs is 1. The van der Waals surface area contributed by atoms with Crippen molar-refractivity contribution in [3.8, 4) is 23.5 Å². The molecule has 0 aliphatic rings. The third-order valence-corrected chi connectivity index (χ3v) is 3.20. The van der Waals surface area contributed by atoms with Crippen LogP contribution in [-0.2, 0) is 0 Å². The van der Waals surface area contributed by atoms with Crippen LogP contribution in [0.4, 0.5) is 0 Å². The van der Waals surface area contributed by atoms with Crippen molar-refractivity contribution in [3.63, 3.8) is 0 Å². The van der Waals surface area contributed by atoms with Crippen molar-refractivity contribution in [1.29, 1.82) is 0 Å². The monoisotopic (exact) mass is 312 g/mol. The van der Waals surface area contributed by atoms with Gasteiger partial charge in [-0.05, 0) is 18.4 Å². The molecular formula is C15H13ClN6. The highest BCUT2D eigenvalue weighted by Crippen LogP contribution is 2.21. The molecule has 0 spiro atoms. The number of rotatable bonds is 3. The van der Waals surface area contributed by atoms with Crippen molar-refractivity contribution < 1.29 is 0 Å². The fourth-order valence-electron chi connectivity index (χ4n) is 1.86. The van der Waals surface area contributed by atoms with Gasteiger partial charge in [-0.15, -0.1) is 0 Å². The van der Waals surface area contributed by atoms with Crippen LogP contribution in [0.5, 0.6) is 0 Å². The predicted octanol–water partition coefficient (Wildman–Crippen LogP) is 3.01. The summed E-state index contributed by atoms with van der Waals surface area (Å²) in [6.07, 6.45) is 6.28. The lowest BCUT2D eigenvalue weighted by Crippen LogP contribution is -1.91. The maximum Gasteiger partial charge on any atom is 0.208 e. The molecule has 6 nitrogen and oxygen atoms in total. The molecule has 0 aromatic carbocycles. The summed E-state index contributed by atoms with van der Waals surface area (Å²) in [5, 5.41) is 0.267. The Balaban J connectivity index is 1.98. The number of aromatic amines is 1. The second kappa shape index (κ2) is 6.50. The van der Waals surface area contributed by atoms with Crippen molar-refractivity contribution >= 4 is 22.8 Å². The van der Waals surface area contributed by atoms with E-state index in [9.17, 15) is 0 Å². The van der Waals surface area contributed by atoms with E-state index in [4.69, 9.17) is 11.6 Å². The minimum Gasteiger partial charge on any atom is -0.320 e. The molecule has 0 radical (unpaired) electrons. The van der Waals surface area contributed by atoms with Crippen LogP contribution in [-0.4, -0.2) is 29.9 Å². The molecule has 3 heterocycles. The molecule has 0 saturated carbocycles. The highest BCUT2D eigenvalue weighted by Gasteiger charge is 2.13. The predicted molar refractivity (Wildman–Crippen MR) is 84.1 cm³/mol. The normalized spacial score (nSPS) is 10.5. The Bertz CT molecular complexity index is 847. The Morgan fingerprint density at radius 2 is 2.00 bits per heavy atom. The number of H-pyrrole nitrogens is 1. The smallest absolute Gasteiger partial charge is 0.208 e. The molecule has 3 aromatic heterocycles. The van der Waals surface area contributed by atoms with Gasteiger partial charge in [-0.2, -0.15) is 0 Å². The van der Waals surface area contributed by atoms with E-state index >= 15 is 0 Å². The van der Waals surface area contributed by atoms with E-state index in [-0.39, 0.29) is 5.15 Å². The van der Waals surface area contributed by atoms with Crippen LogP contribution >= 0.6 is 11.6 Å². The summed E-state index contributed by atoms with van der Waals surface area (Å²) in [7, 11) is 0. The Kier molecular flexibility index (Phi) is 4.26. The van der Waals surface area contributed by atoms with Gasteiger partial charge in [0.15, 0.2) is 22.4 Å². The highest BCUT2D eigenvalue weighted by atomic mass is 35.5. The number of halogens is 1. The summed E-state index contributed by atoms with van der Waals surface area (Å²) in [4.78, 5) is 24.2. The first-order chi connectivity index (χ1) is 10.8. The van der Waals surface area contributed by atoms with E-state index in [0.29, 0.717) is 28.6 Å². The number of imidazole rings is 1. The molecule has 1 N–H and O–H groups in total. The minimum absolute atomic E-state index is 0.267. The third kappa shape index (κ3) is 3.05. The number of nitrogens with zero attached hydrogens (tertiary/aromatic N) is 5. The van der Waals surface area contributed by atoms with Gasteiger partial charge in [-0.1, -0.05) is 30.9 Å². The van der Waals surface area contributed by atoms with Crippen LogP contribution in [0.2, 0.25) is 5.15 Å². The largest absolute Gasteiger partial charge is 0.320 e. The molecule has 0 saturated heterocycles. The summed E-state index contributed by atoms with van der Waals surface area (Å²) in [5.41, 5.74) is 1.02. The molecule has 0 bridgehead atoms. The molecular weight excluding hydrogens is 300 g/mol. The summed E-state index contributed by atoms with van der Waals surface area (Å²) >= 11 is 6.16. The van der Waals surface area contributed by atoms with Crippen LogP contribution < -0.4 is 0 Å². The van der Waals surface area contributed by atoms with Crippen molar-refractivity contribution in [3.05, 3.63) is 29.4 Å². The third-order valence-electron chi connectivity index (χ3n) is 2.93. The summed E-state index contributed by atoms with van der Waals surface area (Å²) in [5.74, 6) is 7.33. The van der Waals surface area contributed by atoms with Crippen molar-refractivity contribution in [1.82, 2.24) is 29.9 Å². The lowest BCUT2D eigenvalue weighted by atomic mass is 10.2.